The zero-order chi connectivity index (χ0) is 14.4. The minimum Gasteiger partial charge on any atom is -0.0779 e. The number of rotatable bonds is 2. The van der Waals surface area contributed by atoms with Gasteiger partial charge in [-0.2, -0.15) is 0 Å². The Morgan fingerprint density at radius 2 is 1.56 bits per heavy atom. The third-order valence-corrected chi connectivity index (χ3v) is 3.02. The Morgan fingerprint density at radius 3 is 2.06 bits per heavy atom. The van der Waals surface area contributed by atoms with Crippen LogP contribution in [0.15, 0.2) is 36.0 Å². The lowest BCUT2D eigenvalue weighted by Gasteiger charge is -2.33. The maximum Gasteiger partial charge on any atom is -0.00755 e. The van der Waals surface area contributed by atoms with Gasteiger partial charge in [0.25, 0.3) is 0 Å². The number of allylic oxidation sites excluding steroid dienone is 6. The van der Waals surface area contributed by atoms with Gasteiger partial charge in [0, 0.05) is 0 Å². The van der Waals surface area contributed by atoms with E-state index in [0.29, 0.717) is 11.3 Å². The van der Waals surface area contributed by atoms with Crippen molar-refractivity contribution in [3.8, 4) is 0 Å². The third kappa shape index (κ3) is 6.23. The molecule has 0 nitrogen and oxygen atoms in total. The molecule has 1 atom stereocenters. The largest absolute Gasteiger partial charge is 0.0779 e. The summed E-state index contributed by atoms with van der Waals surface area (Å²) in [5.74, 6) is 0.555. The van der Waals surface area contributed by atoms with Gasteiger partial charge < -0.3 is 0 Å². The van der Waals surface area contributed by atoms with E-state index in [9.17, 15) is 0 Å². The number of hydrogen-bond donors (Lipinski definition) is 0. The van der Waals surface area contributed by atoms with Crippen molar-refractivity contribution in [2.24, 2.45) is 16.7 Å². The van der Waals surface area contributed by atoms with Gasteiger partial charge in [0.05, 0.1) is 0 Å². The average Bonchev–Trinajstić information content (AvgIpc) is 2.43. The van der Waals surface area contributed by atoms with Crippen molar-refractivity contribution in [3.05, 3.63) is 36.0 Å². The monoisotopic (exact) mass is 248 g/mol. The second kappa shape index (κ2) is 6.97. The summed E-state index contributed by atoms with van der Waals surface area (Å²) < 4.78 is 0. The maximum atomic E-state index is 2.35. The molecule has 1 aliphatic carbocycles. The van der Waals surface area contributed by atoms with Crippen LogP contribution < -0.4 is 0 Å². The molecular formula is C18H32. The van der Waals surface area contributed by atoms with Crippen molar-refractivity contribution in [1.82, 2.24) is 0 Å². The second-order valence-corrected chi connectivity index (χ2v) is 6.85. The van der Waals surface area contributed by atoms with Crippen LogP contribution in [0.4, 0.5) is 0 Å². The Kier molecular flexibility index (Phi) is 6.67. The van der Waals surface area contributed by atoms with Crippen molar-refractivity contribution in [2.75, 3.05) is 0 Å². The summed E-state index contributed by atoms with van der Waals surface area (Å²) in [6.07, 6.45) is 12.5. The van der Waals surface area contributed by atoms with Gasteiger partial charge in [-0.1, -0.05) is 85.8 Å². The van der Waals surface area contributed by atoms with E-state index >= 15 is 0 Å². The molecule has 0 aromatic heterocycles. The minimum absolute atomic E-state index is 0.253. The molecule has 0 saturated heterocycles. The van der Waals surface area contributed by atoms with Gasteiger partial charge in [0.2, 0.25) is 0 Å². The Balaban J connectivity index is 0.00000137. The standard InChI is InChI=1S/C16H26.C2H6/c1-13-8-7-9-14(11-10-13)16(5,6)12-15(2,3)4;1-2/h7-11,13H,12H2,1-6H3;1-2H3. The molecule has 0 heteroatoms. The van der Waals surface area contributed by atoms with Crippen LogP contribution in [0.3, 0.4) is 0 Å². The summed E-state index contributed by atoms with van der Waals surface area (Å²) in [6.45, 7) is 17.9. The van der Waals surface area contributed by atoms with Crippen molar-refractivity contribution >= 4 is 0 Å². The van der Waals surface area contributed by atoms with E-state index in [0.717, 1.165) is 0 Å². The molecule has 1 aliphatic rings. The predicted molar refractivity (Wildman–Crippen MR) is 84.7 cm³/mol. The first kappa shape index (κ1) is 17.2. The molecule has 0 saturated carbocycles. The molecule has 0 radical (unpaired) electrons. The van der Waals surface area contributed by atoms with E-state index in [4.69, 9.17) is 0 Å². The maximum absolute atomic E-state index is 2.35. The van der Waals surface area contributed by atoms with E-state index in [2.05, 4.69) is 71.9 Å². The molecule has 1 unspecified atom stereocenters. The summed E-state index contributed by atoms with van der Waals surface area (Å²) in [5, 5.41) is 0. The minimum atomic E-state index is 0.253. The SMILES string of the molecule is CC.CC1C=CC=C(C(C)(C)CC(C)(C)C)C=C1. The number of hydrogen-bond acceptors (Lipinski definition) is 0. The van der Waals surface area contributed by atoms with Crippen LogP contribution in [0, 0.1) is 16.7 Å². The van der Waals surface area contributed by atoms with Crippen molar-refractivity contribution < 1.29 is 0 Å². The van der Waals surface area contributed by atoms with Gasteiger partial charge >= 0.3 is 0 Å². The van der Waals surface area contributed by atoms with Crippen LogP contribution in [0.1, 0.15) is 61.8 Å². The summed E-state index contributed by atoms with van der Waals surface area (Å²) >= 11 is 0. The first-order chi connectivity index (χ1) is 8.21. The molecule has 0 amide bonds. The Hall–Kier alpha value is -0.780. The van der Waals surface area contributed by atoms with Crippen LogP contribution in [0.25, 0.3) is 0 Å². The molecule has 0 bridgehead atoms. The zero-order valence-corrected chi connectivity index (χ0v) is 13.7. The van der Waals surface area contributed by atoms with Gasteiger partial charge in [0.15, 0.2) is 0 Å². The third-order valence-electron chi connectivity index (χ3n) is 3.02. The van der Waals surface area contributed by atoms with Gasteiger partial charge in [-0.15, -0.1) is 0 Å². The highest BCUT2D eigenvalue weighted by Gasteiger charge is 2.27. The predicted octanol–water partition coefficient (Wildman–Crippen LogP) is 6.16. The molecule has 0 spiro atoms. The molecule has 0 aromatic rings. The first-order valence-corrected chi connectivity index (χ1v) is 7.28. The smallest absolute Gasteiger partial charge is 0.00755 e. The van der Waals surface area contributed by atoms with Crippen LogP contribution in [0.5, 0.6) is 0 Å². The van der Waals surface area contributed by atoms with Gasteiger partial charge in [-0.25, -0.2) is 0 Å². The average molecular weight is 248 g/mol. The normalized spacial score (nSPS) is 19.8. The fourth-order valence-electron chi connectivity index (χ4n) is 2.59. The lowest BCUT2D eigenvalue weighted by Crippen LogP contribution is -2.22. The van der Waals surface area contributed by atoms with Crippen molar-refractivity contribution in [2.45, 2.75) is 61.8 Å². The Morgan fingerprint density at radius 1 is 1.00 bits per heavy atom. The van der Waals surface area contributed by atoms with E-state index in [1.54, 1.807) is 0 Å². The summed E-state index contributed by atoms with van der Waals surface area (Å²) in [5.41, 5.74) is 2.08. The summed E-state index contributed by atoms with van der Waals surface area (Å²) in [6, 6.07) is 0. The molecule has 0 aromatic carbocycles. The molecular weight excluding hydrogens is 216 g/mol. The topological polar surface area (TPSA) is 0 Å². The van der Waals surface area contributed by atoms with Crippen molar-refractivity contribution in [1.29, 1.82) is 0 Å². The molecule has 0 aliphatic heterocycles. The van der Waals surface area contributed by atoms with Gasteiger partial charge in [-0.3, -0.25) is 0 Å². The molecule has 0 fully saturated rings. The highest BCUT2D eigenvalue weighted by Crippen LogP contribution is 2.39. The van der Waals surface area contributed by atoms with Gasteiger partial charge in [0.1, 0.15) is 0 Å². The zero-order valence-electron chi connectivity index (χ0n) is 13.7. The Labute approximate surface area is 115 Å². The fraction of sp³-hybridized carbons (Fsp3) is 0.667. The summed E-state index contributed by atoms with van der Waals surface area (Å²) in [4.78, 5) is 0. The highest BCUT2D eigenvalue weighted by molar-refractivity contribution is 5.33. The molecule has 0 N–H and O–H groups in total. The quantitative estimate of drug-likeness (QED) is 0.548. The van der Waals surface area contributed by atoms with Crippen LogP contribution in [0.2, 0.25) is 0 Å². The van der Waals surface area contributed by atoms with E-state index in [-0.39, 0.29) is 5.41 Å². The molecule has 18 heavy (non-hydrogen) atoms. The van der Waals surface area contributed by atoms with E-state index in [1.807, 2.05) is 13.8 Å². The van der Waals surface area contributed by atoms with Crippen LogP contribution in [-0.2, 0) is 0 Å². The van der Waals surface area contributed by atoms with Crippen LogP contribution >= 0.6 is 0 Å². The lowest BCUT2D eigenvalue weighted by atomic mass is 9.71. The van der Waals surface area contributed by atoms with E-state index < -0.39 is 0 Å². The van der Waals surface area contributed by atoms with E-state index in [1.165, 1.54) is 12.0 Å². The Bertz CT molecular complexity index is 318. The fourth-order valence-corrected chi connectivity index (χ4v) is 2.59. The lowest BCUT2D eigenvalue weighted by molar-refractivity contribution is 0.253. The second-order valence-electron chi connectivity index (χ2n) is 6.85. The summed E-state index contributed by atoms with van der Waals surface area (Å²) in [7, 11) is 0. The van der Waals surface area contributed by atoms with Crippen LogP contribution in [-0.4, -0.2) is 0 Å². The van der Waals surface area contributed by atoms with Crippen molar-refractivity contribution in [3.63, 3.8) is 0 Å². The van der Waals surface area contributed by atoms with Gasteiger partial charge in [-0.05, 0) is 28.7 Å². The molecule has 0 heterocycles. The first-order valence-electron chi connectivity index (χ1n) is 7.28. The highest BCUT2D eigenvalue weighted by atomic mass is 14.3. The molecule has 104 valence electrons. The molecule has 1 rings (SSSR count).